The number of benzene rings is 1. The lowest BCUT2D eigenvalue weighted by atomic mass is 9.84. The van der Waals surface area contributed by atoms with Crippen LogP contribution in [0.2, 0.25) is 0 Å². The second-order valence-electron chi connectivity index (χ2n) is 7.90. The molecule has 1 aromatic rings. The summed E-state index contributed by atoms with van der Waals surface area (Å²) >= 11 is 0. The van der Waals surface area contributed by atoms with E-state index in [0.717, 1.165) is 23.8 Å². The van der Waals surface area contributed by atoms with Crippen molar-refractivity contribution in [3.8, 4) is 0 Å². The van der Waals surface area contributed by atoms with Gasteiger partial charge in [-0.15, -0.1) is 0 Å². The predicted octanol–water partition coefficient (Wildman–Crippen LogP) is 5.96. The maximum atomic E-state index is 11.0. The second kappa shape index (κ2) is 10.3. The summed E-state index contributed by atoms with van der Waals surface area (Å²) in [6.45, 7) is 11.5. The number of hydrogen-bond donors (Lipinski definition) is 0. The van der Waals surface area contributed by atoms with E-state index in [4.69, 9.17) is 0 Å². The van der Waals surface area contributed by atoms with Crippen molar-refractivity contribution in [3.05, 3.63) is 29.8 Å². The van der Waals surface area contributed by atoms with Gasteiger partial charge in [-0.2, -0.15) is 0 Å². The average Bonchev–Trinajstić information content (AvgIpc) is 2.58. The van der Waals surface area contributed by atoms with Gasteiger partial charge in [-0.05, 0) is 54.2 Å². The smallest absolute Gasteiger partial charge is 0.124 e. The van der Waals surface area contributed by atoms with Crippen molar-refractivity contribution in [2.24, 2.45) is 17.8 Å². The van der Waals surface area contributed by atoms with E-state index in [2.05, 4.69) is 34.6 Å². The van der Waals surface area contributed by atoms with E-state index in [1.54, 1.807) is 12.1 Å². The monoisotopic (exact) mass is 367 g/mol. The molecule has 0 N–H and O–H groups in total. The van der Waals surface area contributed by atoms with E-state index in [0.29, 0.717) is 11.8 Å². The van der Waals surface area contributed by atoms with Gasteiger partial charge in [0.15, 0.2) is 0 Å². The van der Waals surface area contributed by atoms with E-state index < -0.39 is 10.1 Å². The van der Waals surface area contributed by atoms with Gasteiger partial charge in [0.1, 0.15) is 10.1 Å². The molecule has 0 aliphatic heterocycles. The maximum Gasteiger partial charge on any atom is 0.124 e. The topological polar surface area (TPSA) is 57.2 Å². The zero-order valence-electron chi connectivity index (χ0n) is 16.5. The fourth-order valence-corrected chi connectivity index (χ4v) is 3.67. The van der Waals surface area contributed by atoms with Gasteiger partial charge >= 0.3 is 0 Å². The third-order valence-corrected chi connectivity index (χ3v) is 6.67. The van der Waals surface area contributed by atoms with Gasteiger partial charge in [0, 0.05) is 0 Å². The number of rotatable bonds is 11. The first-order chi connectivity index (χ1) is 11.6. The molecule has 0 saturated heterocycles. The molecular weight excluding hydrogens is 332 g/mol. The van der Waals surface area contributed by atoms with Crippen molar-refractivity contribution in [1.29, 1.82) is 0 Å². The van der Waals surface area contributed by atoms with Crippen molar-refractivity contribution < 1.29 is 13.0 Å². The molecule has 0 spiro atoms. The van der Waals surface area contributed by atoms with Gasteiger partial charge in [0.05, 0.1) is 4.90 Å². The molecule has 0 fully saturated rings. The minimum Gasteiger partial charge on any atom is -0.744 e. The van der Waals surface area contributed by atoms with E-state index >= 15 is 0 Å². The fraction of sp³-hybridized carbons (Fsp3) is 0.714. The van der Waals surface area contributed by atoms with Crippen LogP contribution in [-0.4, -0.2) is 13.0 Å². The van der Waals surface area contributed by atoms with Gasteiger partial charge in [-0.3, -0.25) is 0 Å². The Kier molecular flexibility index (Phi) is 9.15. The Balaban J connectivity index is 2.43. The first-order valence-corrected chi connectivity index (χ1v) is 11.1. The van der Waals surface area contributed by atoms with E-state index in [1.807, 2.05) is 0 Å². The minimum atomic E-state index is -4.35. The zero-order chi connectivity index (χ0) is 19.0. The summed E-state index contributed by atoms with van der Waals surface area (Å²) in [6.07, 6.45) is 7.48. The average molecular weight is 368 g/mol. The highest BCUT2D eigenvalue weighted by Gasteiger charge is 2.15. The SMILES string of the molecule is CCC(C)CCCC(C)C(C)CCC(C)c1ccc(S(=O)(=O)[O-])cc1. The van der Waals surface area contributed by atoms with Crippen LogP contribution in [0.5, 0.6) is 0 Å². The van der Waals surface area contributed by atoms with Crippen LogP contribution in [0.25, 0.3) is 0 Å². The van der Waals surface area contributed by atoms with Crippen LogP contribution in [0.1, 0.15) is 84.6 Å². The lowest BCUT2D eigenvalue weighted by molar-refractivity contribution is 0.312. The molecule has 144 valence electrons. The van der Waals surface area contributed by atoms with Gasteiger partial charge < -0.3 is 4.55 Å². The lowest BCUT2D eigenvalue weighted by Gasteiger charge is -2.22. The summed E-state index contributed by atoms with van der Waals surface area (Å²) in [4.78, 5) is -0.147. The molecule has 4 atom stereocenters. The van der Waals surface area contributed by atoms with E-state index in [1.165, 1.54) is 44.2 Å². The normalized spacial score (nSPS) is 17.0. The lowest BCUT2D eigenvalue weighted by Crippen LogP contribution is -2.10. The third-order valence-electron chi connectivity index (χ3n) is 5.82. The molecule has 1 rings (SSSR count). The minimum absolute atomic E-state index is 0.147. The molecule has 0 radical (unpaired) electrons. The highest BCUT2D eigenvalue weighted by Crippen LogP contribution is 2.29. The Bertz CT molecular complexity index is 592. The first-order valence-electron chi connectivity index (χ1n) is 9.71. The molecule has 4 heteroatoms. The van der Waals surface area contributed by atoms with Crippen LogP contribution in [0.3, 0.4) is 0 Å². The van der Waals surface area contributed by atoms with Crippen LogP contribution in [-0.2, 0) is 10.1 Å². The Morgan fingerprint density at radius 1 is 0.880 bits per heavy atom. The molecule has 4 unspecified atom stereocenters. The summed E-state index contributed by atoms with van der Waals surface area (Å²) < 4.78 is 33.0. The summed E-state index contributed by atoms with van der Waals surface area (Å²) in [6, 6.07) is 6.40. The van der Waals surface area contributed by atoms with Crippen molar-refractivity contribution in [2.45, 2.75) is 84.0 Å². The van der Waals surface area contributed by atoms with Gasteiger partial charge in [0.25, 0.3) is 0 Å². The quantitative estimate of drug-likeness (QED) is 0.453. The van der Waals surface area contributed by atoms with Crippen LogP contribution in [0.15, 0.2) is 29.2 Å². The Labute approximate surface area is 155 Å². The van der Waals surface area contributed by atoms with Crippen molar-refractivity contribution >= 4 is 10.1 Å². The predicted molar refractivity (Wildman–Crippen MR) is 104 cm³/mol. The zero-order valence-corrected chi connectivity index (χ0v) is 17.3. The largest absolute Gasteiger partial charge is 0.744 e. The highest BCUT2D eigenvalue weighted by molar-refractivity contribution is 7.85. The molecule has 0 aliphatic rings. The molecule has 1 aromatic carbocycles. The van der Waals surface area contributed by atoms with Crippen LogP contribution < -0.4 is 0 Å². The van der Waals surface area contributed by atoms with Crippen LogP contribution in [0.4, 0.5) is 0 Å². The Morgan fingerprint density at radius 2 is 1.44 bits per heavy atom. The number of hydrogen-bond acceptors (Lipinski definition) is 3. The van der Waals surface area contributed by atoms with Crippen LogP contribution >= 0.6 is 0 Å². The van der Waals surface area contributed by atoms with Gasteiger partial charge in [-0.1, -0.05) is 72.4 Å². The molecule has 0 heterocycles. The van der Waals surface area contributed by atoms with Crippen LogP contribution in [0, 0.1) is 17.8 Å². The molecule has 25 heavy (non-hydrogen) atoms. The standard InChI is InChI=1S/C21H36O3S/c1-6-16(2)8-7-9-17(3)18(4)10-11-19(5)20-12-14-21(15-13-20)25(22,23)24/h12-19H,6-11H2,1-5H3,(H,22,23,24)/p-1. The highest BCUT2D eigenvalue weighted by atomic mass is 32.2. The first kappa shape index (κ1) is 22.2. The third kappa shape index (κ3) is 7.91. The maximum absolute atomic E-state index is 11.0. The summed E-state index contributed by atoms with van der Waals surface area (Å²) in [5.74, 6) is 2.64. The molecule has 0 aliphatic carbocycles. The van der Waals surface area contributed by atoms with Crippen molar-refractivity contribution in [3.63, 3.8) is 0 Å². The molecule has 0 saturated carbocycles. The second-order valence-corrected chi connectivity index (χ2v) is 9.28. The summed E-state index contributed by atoms with van der Waals surface area (Å²) in [5.41, 5.74) is 1.10. The molecule has 0 aromatic heterocycles. The van der Waals surface area contributed by atoms with E-state index in [-0.39, 0.29) is 4.90 Å². The van der Waals surface area contributed by atoms with Crippen molar-refractivity contribution in [1.82, 2.24) is 0 Å². The van der Waals surface area contributed by atoms with E-state index in [9.17, 15) is 13.0 Å². The fourth-order valence-electron chi connectivity index (χ4n) is 3.20. The summed E-state index contributed by atoms with van der Waals surface area (Å²) in [5, 5.41) is 0. The van der Waals surface area contributed by atoms with Crippen molar-refractivity contribution in [2.75, 3.05) is 0 Å². The van der Waals surface area contributed by atoms with Gasteiger partial charge in [0.2, 0.25) is 0 Å². The summed E-state index contributed by atoms with van der Waals surface area (Å²) in [7, 11) is -4.35. The Morgan fingerprint density at radius 3 is 1.96 bits per heavy atom. The van der Waals surface area contributed by atoms with Gasteiger partial charge in [-0.25, -0.2) is 8.42 Å². The Hall–Kier alpha value is -0.870. The molecule has 3 nitrogen and oxygen atoms in total. The molecular formula is C21H35O3S-. The molecule has 0 amide bonds. The molecule has 0 bridgehead atoms.